The highest BCUT2D eigenvalue weighted by Gasteiger charge is 2.34. The van der Waals surface area contributed by atoms with Crippen LogP contribution < -0.4 is 10.6 Å². The molecule has 3 nitrogen and oxygen atoms in total. The fourth-order valence-electron chi connectivity index (χ4n) is 2.05. The normalized spacial score (nSPS) is 18.7. The quantitative estimate of drug-likeness (QED) is 0.810. The van der Waals surface area contributed by atoms with Gasteiger partial charge in [0.05, 0.1) is 0 Å². The average molecular weight is 344 g/mol. The van der Waals surface area contributed by atoms with E-state index in [2.05, 4.69) is 40.1 Å². The van der Waals surface area contributed by atoms with E-state index >= 15 is 0 Å². The molecule has 2 N–H and O–H groups in total. The molecule has 4 heteroatoms. The van der Waals surface area contributed by atoms with Gasteiger partial charge in [0.25, 0.3) is 0 Å². The Morgan fingerprint density at radius 2 is 2.12 bits per heavy atom. The van der Waals surface area contributed by atoms with Crippen LogP contribution in [0.15, 0.2) is 24.3 Å². The Hall–Kier alpha value is -0.620. The highest BCUT2D eigenvalue weighted by atomic mass is 127. The van der Waals surface area contributed by atoms with Gasteiger partial charge in [-0.1, -0.05) is 13.0 Å². The van der Waals surface area contributed by atoms with Gasteiger partial charge in [-0.05, 0) is 66.7 Å². The second-order valence-corrected chi connectivity index (χ2v) is 6.02. The second-order valence-electron chi connectivity index (χ2n) is 4.78. The third-order valence-electron chi connectivity index (χ3n) is 3.34. The van der Waals surface area contributed by atoms with Crippen molar-refractivity contribution in [3.8, 4) is 0 Å². The number of amides is 1. The van der Waals surface area contributed by atoms with Crippen molar-refractivity contribution in [2.45, 2.75) is 19.8 Å². The molecular weight excluding hydrogens is 327 g/mol. The van der Waals surface area contributed by atoms with Crippen molar-refractivity contribution in [1.29, 1.82) is 0 Å². The molecule has 1 fully saturated rings. The van der Waals surface area contributed by atoms with Gasteiger partial charge in [0.2, 0.25) is 5.91 Å². The van der Waals surface area contributed by atoms with Crippen molar-refractivity contribution in [3.63, 3.8) is 0 Å². The fraction of sp³-hybridized carbons (Fsp3) is 0.462. The number of halogens is 1. The fourth-order valence-corrected chi connectivity index (χ4v) is 2.60. The van der Waals surface area contributed by atoms with Gasteiger partial charge in [-0.2, -0.15) is 0 Å². The Morgan fingerprint density at radius 3 is 2.76 bits per heavy atom. The number of benzene rings is 1. The molecule has 1 aromatic rings. The summed E-state index contributed by atoms with van der Waals surface area (Å²) >= 11 is 2.25. The van der Waals surface area contributed by atoms with Gasteiger partial charge in [0.15, 0.2) is 0 Å². The molecule has 1 amide bonds. The topological polar surface area (TPSA) is 41.1 Å². The minimum atomic E-state index is -0.230. The maximum Gasteiger partial charge on any atom is 0.230 e. The van der Waals surface area contributed by atoms with Crippen molar-refractivity contribution < 1.29 is 4.79 Å². The minimum Gasteiger partial charge on any atom is -0.326 e. The van der Waals surface area contributed by atoms with E-state index in [1.807, 2.05) is 24.3 Å². The summed E-state index contributed by atoms with van der Waals surface area (Å²) < 4.78 is 1.14. The zero-order chi connectivity index (χ0) is 12.3. The first-order chi connectivity index (χ1) is 8.10. The molecule has 1 aliphatic rings. The largest absolute Gasteiger partial charge is 0.326 e. The summed E-state index contributed by atoms with van der Waals surface area (Å²) in [5.41, 5.74) is 0.661. The first kappa shape index (κ1) is 12.8. The molecule has 2 rings (SSSR count). The Labute approximate surface area is 116 Å². The van der Waals surface area contributed by atoms with Crippen LogP contribution in [0.5, 0.6) is 0 Å². The van der Waals surface area contributed by atoms with Gasteiger partial charge >= 0.3 is 0 Å². The van der Waals surface area contributed by atoms with Crippen LogP contribution in [-0.4, -0.2) is 19.0 Å². The molecule has 1 aliphatic heterocycles. The third-order valence-corrected chi connectivity index (χ3v) is 4.01. The first-order valence-electron chi connectivity index (χ1n) is 5.88. The number of piperidine rings is 1. The predicted molar refractivity (Wildman–Crippen MR) is 78.0 cm³/mol. The molecule has 1 saturated heterocycles. The summed E-state index contributed by atoms with van der Waals surface area (Å²) in [6, 6.07) is 7.90. The number of carbonyl (C=O) groups is 1. The van der Waals surface area contributed by atoms with Crippen LogP contribution in [0.4, 0.5) is 5.69 Å². The van der Waals surface area contributed by atoms with Gasteiger partial charge in [0, 0.05) is 14.7 Å². The van der Waals surface area contributed by atoms with Gasteiger partial charge in [-0.3, -0.25) is 4.79 Å². The Balaban J connectivity index is 2.05. The Kier molecular flexibility index (Phi) is 4.04. The summed E-state index contributed by atoms with van der Waals surface area (Å²) in [6.07, 6.45) is 1.81. The van der Waals surface area contributed by atoms with E-state index in [9.17, 15) is 4.79 Å². The van der Waals surface area contributed by atoms with Crippen LogP contribution in [0, 0.1) is 8.99 Å². The van der Waals surface area contributed by atoms with Gasteiger partial charge < -0.3 is 10.6 Å². The molecule has 0 unspecified atom stereocenters. The van der Waals surface area contributed by atoms with Crippen molar-refractivity contribution in [2.75, 3.05) is 18.4 Å². The van der Waals surface area contributed by atoms with Crippen LogP contribution in [0.3, 0.4) is 0 Å². The lowest BCUT2D eigenvalue weighted by Crippen LogP contribution is -2.42. The van der Waals surface area contributed by atoms with Gasteiger partial charge in [-0.25, -0.2) is 0 Å². The van der Waals surface area contributed by atoms with E-state index in [1.54, 1.807) is 0 Å². The highest BCUT2D eigenvalue weighted by Crippen LogP contribution is 2.29. The lowest BCUT2D eigenvalue weighted by Gasteiger charge is -2.32. The van der Waals surface area contributed by atoms with E-state index in [0.29, 0.717) is 0 Å². The van der Waals surface area contributed by atoms with Crippen LogP contribution in [-0.2, 0) is 4.79 Å². The molecule has 0 saturated carbocycles. The summed E-state index contributed by atoms with van der Waals surface area (Å²) in [6.45, 7) is 3.91. The Morgan fingerprint density at radius 1 is 1.41 bits per heavy atom. The summed E-state index contributed by atoms with van der Waals surface area (Å²) in [4.78, 5) is 12.3. The summed E-state index contributed by atoms with van der Waals surface area (Å²) in [5, 5.41) is 6.31. The molecule has 0 aromatic heterocycles. The number of hydrogen-bond acceptors (Lipinski definition) is 2. The standard InChI is InChI=1S/C13H17IN2O/c1-13(5-7-15-8-6-13)12(17)16-11-4-2-3-10(14)9-11/h2-4,9,15H,5-8H2,1H3,(H,16,17). The van der Waals surface area contributed by atoms with E-state index in [0.717, 1.165) is 35.2 Å². The smallest absolute Gasteiger partial charge is 0.230 e. The minimum absolute atomic E-state index is 0.140. The molecule has 0 bridgehead atoms. The molecule has 17 heavy (non-hydrogen) atoms. The van der Waals surface area contributed by atoms with Crippen LogP contribution >= 0.6 is 22.6 Å². The number of nitrogens with one attached hydrogen (secondary N) is 2. The number of anilines is 1. The summed E-state index contributed by atoms with van der Waals surface area (Å²) in [7, 11) is 0. The number of hydrogen-bond donors (Lipinski definition) is 2. The van der Waals surface area contributed by atoms with E-state index in [-0.39, 0.29) is 11.3 Å². The Bertz CT molecular complexity index is 414. The monoisotopic (exact) mass is 344 g/mol. The van der Waals surface area contributed by atoms with Crippen molar-refractivity contribution in [1.82, 2.24) is 5.32 Å². The predicted octanol–water partition coefficient (Wildman–Crippen LogP) is 2.62. The van der Waals surface area contributed by atoms with Crippen molar-refractivity contribution in [3.05, 3.63) is 27.8 Å². The van der Waals surface area contributed by atoms with E-state index in [4.69, 9.17) is 0 Å². The van der Waals surface area contributed by atoms with E-state index < -0.39 is 0 Å². The third kappa shape index (κ3) is 3.19. The molecular formula is C13H17IN2O. The first-order valence-corrected chi connectivity index (χ1v) is 6.96. The lowest BCUT2D eigenvalue weighted by molar-refractivity contribution is -0.126. The zero-order valence-electron chi connectivity index (χ0n) is 9.92. The maximum atomic E-state index is 12.3. The van der Waals surface area contributed by atoms with Crippen molar-refractivity contribution in [2.24, 2.45) is 5.41 Å². The average Bonchev–Trinajstić information content (AvgIpc) is 2.30. The SMILES string of the molecule is CC1(C(=O)Nc2cccc(I)c2)CCNCC1. The molecule has 1 heterocycles. The molecule has 0 aliphatic carbocycles. The molecule has 0 atom stereocenters. The highest BCUT2D eigenvalue weighted by molar-refractivity contribution is 14.1. The number of carbonyl (C=O) groups excluding carboxylic acids is 1. The molecule has 1 aromatic carbocycles. The maximum absolute atomic E-state index is 12.3. The van der Waals surface area contributed by atoms with E-state index in [1.165, 1.54) is 0 Å². The molecule has 0 radical (unpaired) electrons. The molecule has 92 valence electrons. The van der Waals surface area contributed by atoms with Crippen LogP contribution in [0.1, 0.15) is 19.8 Å². The lowest BCUT2D eigenvalue weighted by atomic mass is 9.80. The molecule has 0 spiro atoms. The van der Waals surface area contributed by atoms with Crippen molar-refractivity contribution >= 4 is 34.2 Å². The zero-order valence-corrected chi connectivity index (χ0v) is 12.1. The summed E-state index contributed by atoms with van der Waals surface area (Å²) in [5.74, 6) is 0.140. The number of rotatable bonds is 2. The van der Waals surface area contributed by atoms with Gasteiger partial charge in [0.1, 0.15) is 0 Å². The van der Waals surface area contributed by atoms with Crippen LogP contribution in [0.25, 0.3) is 0 Å². The van der Waals surface area contributed by atoms with Gasteiger partial charge in [-0.15, -0.1) is 0 Å². The van der Waals surface area contributed by atoms with Crippen LogP contribution in [0.2, 0.25) is 0 Å². The second kappa shape index (κ2) is 5.35.